The minimum Gasteiger partial charge on any atom is -0.118 e. The molecule has 0 aliphatic heterocycles. The molecule has 0 aliphatic carbocycles. The third kappa shape index (κ3) is 6.18. The topological polar surface area (TPSA) is 0 Å². The molecule has 1 heteroatoms. The first-order valence-corrected chi connectivity index (χ1v) is 4.40. The summed E-state index contributed by atoms with van der Waals surface area (Å²) in [4.78, 5) is 0. The zero-order chi connectivity index (χ0) is 8.85. The van der Waals surface area contributed by atoms with Crippen LogP contribution in [0.1, 0.15) is 34.1 Å². The van der Waals surface area contributed by atoms with E-state index >= 15 is 0 Å². The third-order valence-electron chi connectivity index (χ3n) is 1.52. The number of hydrogen-bond acceptors (Lipinski definition) is 0. The van der Waals surface area contributed by atoms with Gasteiger partial charge in [-0.2, -0.15) is 0 Å². The van der Waals surface area contributed by atoms with Gasteiger partial charge in [-0.3, -0.25) is 0 Å². The second-order valence-electron chi connectivity index (χ2n) is 3.10. The standard InChI is InChI=1S/C10H17Cl/c1-5-9(4)7-10(11)6-8(2)3/h5-6,10H,7H2,1-4H3/b9-5-. The van der Waals surface area contributed by atoms with Gasteiger partial charge >= 0.3 is 0 Å². The van der Waals surface area contributed by atoms with Crippen LogP contribution in [-0.4, -0.2) is 5.38 Å². The molecule has 0 aromatic rings. The smallest absolute Gasteiger partial charge is 0.0555 e. The molecule has 0 nitrogen and oxygen atoms in total. The Balaban J connectivity index is 3.88. The molecule has 1 atom stereocenters. The van der Waals surface area contributed by atoms with Crippen molar-refractivity contribution in [1.29, 1.82) is 0 Å². The molecule has 0 N–H and O–H groups in total. The van der Waals surface area contributed by atoms with Gasteiger partial charge < -0.3 is 0 Å². The van der Waals surface area contributed by atoms with Crippen molar-refractivity contribution in [2.24, 2.45) is 0 Å². The number of alkyl halides is 1. The zero-order valence-corrected chi connectivity index (χ0v) is 8.57. The lowest BCUT2D eigenvalue weighted by Crippen LogP contribution is -1.94. The predicted octanol–water partition coefficient (Wildman–Crippen LogP) is 3.92. The van der Waals surface area contributed by atoms with E-state index in [2.05, 4.69) is 32.9 Å². The molecule has 0 heterocycles. The lowest BCUT2D eigenvalue weighted by molar-refractivity contribution is 0.971. The molecule has 0 spiro atoms. The van der Waals surface area contributed by atoms with E-state index in [0.717, 1.165) is 6.42 Å². The molecule has 0 amide bonds. The summed E-state index contributed by atoms with van der Waals surface area (Å²) in [7, 11) is 0. The van der Waals surface area contributed by atoms with Gasteiger partial charge in [0.2, 0.25) is 0 Å². The number of rotatable bonds is 3. The Morgan fingerprint density at radius 3 is 2.27 bits per heavy atom. The molecule has 0 bridgehead atoms. The van der Waals surface area contributed by atoms with Crippen LogP contribution in [0.25, 0.3) is 0 Å². The predicted molar refractivity (Wildman–Crippen MR) is 53.1 cm³/mol. The lowest BCUT2D eigenvalue weighted by Gasteiger charge is -2.04. The first-order chi connectivity index (χ1) is 5.06. The summed E-state index contributed by atoms with van der Waals surface area (Å²) in [6.07, 6.45) is 5.16. The molecule has 0 saturated carbocycles. The van der Waals surface area contributed by atoms with Crippen molar-refractivity contribution in [1.82, 2.24) is 0 Å². The van der Waals surface area contributed by atoms with E-state index in [4.69, 9.17) is 11.6 Å². The molecule has 64 valence electrons. The fourth-order valence-electron chi connectivity index (χ4n) is 0.846. The highest BCUT2D eigenvalue weighted by Crippen LogP contribution is 2.12. The van der Waals surface area contributed by atoms with Crippen molar-refractivity contribution in [2.45, 2.75) is 39.5 Å². The van der Waals surface area contributed by atoms with Gasteiger partial charge in [0.1, 0.15) is 0 Å². The SMILES string of the molecule is C/C=C(/C)CC(Cl)C=C(C)C. The Labute approximate surface area is 74.9 Å². The van der Waals surface area contributed by atoms with Gasteiger partial charge in [0.05, 0.1) is 5.38 Å². The molecule has 11 heavy (non-hydrogen) atoms. The summed E-state index contributed by atoms with van der Waals surface area (Å²) in [5.74, 6) is 0. The Bertz CT molecular complexity index is 162. The van der Waals surface area contributed by atoms with Crippen LogP contribution in [0.2, 0.25) is 0 Å². The molecule has 0 radical (unpaired) electrons. The average molecular weight is 173 g/mol. The van der Waals surface area contributed by atoms with E-state index in [1.807, 2.05) is 6.92 Å². The first-order valence-electron chi connectivity index (χ1n) is 3.97. The van der Waals surface area contributed by atoms with Crippen LogP contribution in [-0.2, 0) is 0 Å². The van der Waals surface area contributed by atoms with Crippen molar-refractivity contribution in [2.75, 3.05) is 0 Å². The molecular weight excluding hydrogens is 156 g/mol. The molecule has 1 unspecified atom stereocenters. The largest absolute Gasteiger partial charge is 0.118 e. The van der Waals surface area contributed by atoms with Crippen LogP contribution in [0.3, 0.4) is 0 Å². The normalized spacial score (nSPS) is 14.5. The number of hydrogen-bond donors (Lipinski definition) is 0. The van der Waals surface area contributed by atoms with E-state index in [9.17, 15) is 0 Å². The van der Waals surface area contributed by atoms with Crippen LogP contribution < -0.4 is 0 Å². The monoisotopic (exact) mass is 172 g/mol. The summed E-state index contributed by atoms with van der Waals surface area (Å²) in [6.45, 7) is 8.29. The van der Waals surface area contributed by atoms with Gasteiger partial charge in [0.25, 0.3) is 0 Å². The highest BCUT2D eigenvalue weighted by molar-refractivity contribution is 6.21. The molecule has 0 rings (SSSR count). The van der Waals surface area contributed by atoms with Gasteiger partial charge in [-0.05, 0) is 34.1 Å². The summed E-state index contributed by atoms with van der Waals surface area (Å²) in [5.41, 5.74) is 2.64. The molecular formula is C10H17Cl. The van der Waals surface area contributed by atoms with Crippen LogP contribution in [0.15, 0.2) is 23.3 Å². The van der Waals surface area contributed by atoms with Crippen LogP contribution in [0.4, 0.5) is 0 Å². The van der Waals surface area contributed by atoms with Crippen molar-refractivity contribution < 1.29 is 0 Å². The number of allylic oxidation sites excluding steroid dienone is 4. The second-order valence-corrected chi connectivity index (χ2v) is 3.66. The molecule has 0 aliphatic rings. The van der Waals surface area contributed by atoms with Crippen molar-refractivity contribution in [3.05, 3.63) is 23.3 Å². The van der Waals surface area contributed by atoms with Crippen LogP contribution in [0.5, 0.6) is 0 Å². The zero-order valence-electron chi connectivity index (χ0n) is 7.82. The van der Waals surface area contributed by atoms with Crippen molar-refractivity contribution >= 4 is 11.6 Å². The van der Waals surface area contributed by atoms with Gasteiger partial charge in [-0.25, -0.2) is 0 Å². The maximum absolute atomic E-state index is 6.03. The molecule has 0 aromatic carbocycles. The van der Waals surface area contributed by atoms with E-state index in [1.54, 1.807) is 0 Å². The van der Waals surface area contributed by atoms with E-state index in [-0.39, 0.29) is 5.38 Å². The van der Waals surface area contributed by atoms with Crippen molar-refractivity contribution in [3.8, 4) is 0 Å². The number of halogens is 1. The van der Waals surface area contributed by atoms with Gasteiger partial charge in [-0.1, -0.05) is 23.3 Å². The Kier molecular flexibility index (Phi) is 5.31. The Morgan fingerprint density at radius 1 is 1.36 bits per heavy atom. The van der Waals surface area contributed by atoms with Crippen molar-refractivity contribution in [3.63, 3.8) is 0 Å². The highest BCUT2D eigenvalue weighted by atomic mass is 35.5. The van der Waals surface area contributed by atoms with E-state index in [1.165, 1.54) is 11.1 Å². The quantitative estimate of drug-likeness (QED) is 0.447. The average Bonchev–Trinajstić information content (AvgIpc) is 1.85. The third-order valence-corrected chi connectivity index (χ3v) is 1.80. The fourth-order valence-corrected chi connectivity index (χ4v) is 1.34. The molecule has 0 saturated heterocycles. The van der Waals surface area contributed by atoms with E-state index in [0.29, 0.717) is 0 Å². The minimum atomic E-state index is 0.163. The lowest BCUT2D eigenvalue weighted by atomic mass is 10.1. The summed E-state index contributed by atoms with van der Waals surface area (Å²) in [5, 5.41) is 0.163. The fraction of sp³-hybridized carbons (Fsp3) is 0.600. The maximum atomic E-state index is 6.03. The van der Waals surface area contributed by atoms with Gasteiger partial charge in [0.15, 0.2) is 0 Å². The Hall–Kier alpha value is -0.230. The van der Waals surface area contributed by atoms with E-state index < -0.39 is 0 Å². The summed E-state index contributed by atoms with van der Waals surface area (Å²) < 4.78 is 0. The minimum absolute atomic E-state index is 0.163. The second kappa shape index (κ2) is 5.42. The van der Waals surface area contributed by atoms with Gasteiger partial charge in [0, 0.05) is 0 Å². The van der Waals surface area contributed by atoms with Gasteiger partial charge in [-0.15, -0.1) is 11.6 Å². The highest BCUT2D eigenvalue weighted by Gasteiger charge is 1.99. The summed E-state index contributed by atoms with van der Waals surface area (Å²) >= 11 is 6.03. The summed E-state index contributed by atoms with van der Waals surface area (Å²) in [6, 6.07) is 0. The van der Waals surface area contributed by atoms with Crippen LogP contribution in [0, 0.1) is 0 Å². The first kappa shape index (κ1) is 10.8. The molecule has 0 fully saturated rings. The Morgan fingerprint density at radius 2 is 1.91 bits per heavy atom. The van der Waals surface area contributed by atoms with Crippen LogP contribution >= 0.6 is 11.6 Å². The maximum Gasteiger partial charge on any atom is 0.0555 e. The molecule has 0 aromatic heterocycles.